The topological polar surface area (TPSA) is 49.8 Å². The smallest absolute Gasteiger partial charge is 0.315 e. The fraction of sp³-hybridized carbons (Fsp3) is 0.588. The van der Waals surface area contributed by atoms with Crippen LogP contribution in [-0.2, 0) is 14.9 Å². The van der Waals surface area contributed by atoms with E-state index in [1.165, 1.54) is 0 Å². The number of rotatable bonds is 5. The molecular weight excluding hydrogens is 266 g/mol. The van der Waals surface area contributed by atoms with E-state index in [2.05, 4.69) is 11.8 Å². The third kappa shape index (κ3) is 3.44. The molecule has 21 heavy (non-hydrogen) atoms. The molecule has 0 aliphatic carbocycles. The van der Waals surface area contributed by atoms with Crippen LogP contribution in [0.4, 0.5) is 0 Å². The standard InChI is InChI=1S/C17H25NO3/c1-16(21-3)10-7-11-18(12-16)13-17(2,15(19)20)14-8-5-4-6-9-14/h4-6,8-9H,7,10-13H2,1-3H3,(H,19,20). The lowest BCUT2D eigenvalue weighted by Crippen LogP contribution is -2.53. The van der Waals surface area contributed by atoms with Gasteiger partial charge in [0.2, 0.25) is 0 Å². The van der Waals surface area contributed by atoms with Gasteiger partial charge in [-0.1, -0.05) is 30.3 Å². The van der Waals surface area contributed by atoms with Crippen LogP contribution in [0.25, 0.3) is 0 Å². The number of likely N-dealkylation sites (tertiary alicyclic amines) is 1. The van der Waals surface area contributed by atoms with Crippen LogP contribution in [0.2, 0.25) is 0 Å². The highest BCUT2D eigenvalue weighted by molar-refractivity contribution is 5.81. The molecule has 1 aromatic rings. The predicted molar refractivity (Wildman–Crippen MR) is 82.5 cm³/mol. The Morgan fingerprint density at radius 2 is 2.10 bits per heavy atom. The van der Waals surface area contributed by atoms with Crippen LogP contribution in [0.15, 0.2) is 30.3 Å². The van der Waals surface area contributed by atoms with Gasteiger partial charge in [0.15, 0.2) is 0 Å². The molecular formula is C17H25NO3. The first kappa shape index (κ1) is 16.0. The summed E-state index contributed by atoms with van der Waals surface area (Å²) in [5.74, 6) is -0.779. The second kappa shape index (κ2) is 6.16. The van der Waals surface area contributed by atoms with Gasteiger partial charge in [-0.2, -0.15) is 0 Å². The van der Waals surface area contributed by atoms with E-state index in [0.29, 0.717) is 6.54 Å². The Morgan fingerprint density at radius 1 is 1.43 bits per heavy atom. The average molecular weight is 291 g/mol. The number of methoxy groups -OCH3 is 1. The monoisotopic (exact) mass is 291 g/mol. The van der Waals surface area contributed by atoms with E-state index in [4.69, 9.17) is 4.74 Å². The van der Waals surface area contributed by atoms with Crippen LogP contribution in [0, 0.1) is 0 Å². The largest absolute Gasteiger partial charge is 0.481 e. The van der Waals surface area contributed by atoms with E-state index in [0.717, 1.165) is 31.5 Å². The molecule has 1 heterocycles. The molecule has 0 radical (unpaired) electrons. The molecule has 2 rings (SSSR count). The molecule has 0 bridgehead atoms. The number of carboxylic acid groups (broad SMARTS) is 1. The van der Waals surface area contributed by atoms with Crippen molar-refractivity contribution < 1.29 is 14.6 Å². The zero-order valence-electron chi connectivity index (χ0n) is 13.1. The Labute approximate surface area is 126 Å². The highest BCUT2D eigenvalue weighted by atomic mass is 16.5. The summed E-state index contributed by atoms with van der Waals surface area (Å²) in [7, 11) is 1.73. The van der Waals surface area contributed by atoms with E-state index >= 15 is 0 Å². The molecule has 1 aliphatic heterocycles. The number of ether oxygens (including phenoxy) is 1. The number of aliphatic carboxylic acids is 1. The third-order valence-electron chi connectivity index (χ3n) is 4.65. The summed E-state index contributed by atoms with van der Waals surface area (Å²) in [5, 5.41) is 9.75. The molecule has 0 aromatic heterocycles. The van der Waals surface area contributed by atoms with Crippen molar-refractivity contribution in [3.8, 4) is 0 Å². The van der Waals surface area contributed by atoms with Crippen LogP contribution in [0.1, 0.15) is 32.3 Å². The molecule has 4 nitrogen and oxygen atoms in total. The lowest BCUT2D eigenvalue weighted by atomic mass is 9.81. The molecule has 1 saturated heterocycles. The first-order valence-electron chi connectivity index (χ1n) is 7.46. The summed E-state index contributed by atoms with van der Waals surface area (Å²) in [4.78, 5) is 14.1. The summed E-state index contributed by atoms with van der Waals surface area (Å²) < 4.78 is 5.60. The van der Waals surface area contributed by atoms with Crippen molar-refractivity contribution in [1.29, 1.82) is 0 Å². The second-order valence-electron chi connectivity index (χ2n) is 6.47. The SMILES string of the molecule is COC1(C)CCCN(CC(C)(C(=O)O)c2ccccc2)C1. The van der Waals surface area contributed by atoms with Gasteiger partial charge in [-0.3, -0.25) is 9.69 Å². The predicted octanol–water partition coefficient (Wildman–Crippen LogP) is 2.53. The minimum atomic E-state index is -0.896. The van der Waals surface area contributed by atoms with E-state index in [9.17, 15) is 9.90 Å². The van der Waals surface area contributed by atoms with Crippen molar-refractivity contribution in [1.82, 2.24) is 4.90 Å². The molecule has 4 heteroatoms. The number of hydrogen-bond donors (Lipinski definition) is 1. The Morgan fingerprint density at radius 3 is 2.67 bits per heavy atom. The Balaban J connectivity index is 2.19. The van der Waals surface area contributed by atoms with Gasteiger partial charge in [0.25, 0.3) is 0 Å². The summed E-state index contributed by atoms with van der Waals surface area (Å²) in [6.45, 7) is 6.11. The van der Waals surface area contributed by atoms with E-state index < -0.39 is 11.4 Å². The zero-order chi connectivity index (χ0) is 15.5. The lowest BCUT2D eigenvalue weighted by molar-refractivity contribution is -0.145. The Kier molecular flexibility index (Phi) is 4.69. The minimum absolute atomic E-state index is 0.172. The van der Waals surface area contributed by atoms with Crippen LogP contribution in [-0.4, -0.2) is 48.3 Å². The number of carbonyl (C=O) groups is 1. The highest BCUT2D eigenvalue weighted by Gasteiger charge is 2.40. The molecule has 0 amide bonds. The minimum Gasteiger partial charge on any atom is -0.481 e. The summed E-state index contributed by atoms with van der Waals surface area (Å²) in [5.41, 5.74) is -0.219. The Bertz CT molecular complexity index is 490. The molecule has 1 fully saturated rings. The fourth-order valence-electron chi connectivity index (χ4n) is 3.14. The maximum atomic E-state index is 11.9. The van der Waals surface area contributed by atoms with E-state index in [1.54, 1.807) is 7.11 Å². The fourth-order valence-corrected chi connectivity index (χ4v) is 3.14. The van der Waals surface area contributed by atoms with Crippen molar-refractivity contribution in [2.75, 3.05) is 26.7 Å². The quantitative estimate of drug-likeness (QED) is 0.905. The number of nitrogens with zero attached hydrogens (tertiary/aromatic N) is 1. The molecule has 1 aliphatic rings. The third-order valence-corrected chi connectivity index (χ3v) is 4.65. The maximum absolute atomic E-state index is 11.9. The van der Waals surface area contributed by atoms with Crippen molar-refractivity contribution >= 4 is 5.97 Å². The molecule has 0 saturated carbocycles. The van der Waals surface area contributed by atoms with Crippen molar-refractivity contribution in [3.05, 3.63) is 35.9 Å². The van der Waals surface area contributed by atoms with Crippen molar-refractivity contribution in [3.63, 3.8) is 0 Å². The van der Waals surface area contributed by atoms with E-state index in [1.807, 2.05) is 37.3 Å². The second-order valence-corrected chi connectivity index (χ2v) is 6.47. The number of hydrogen-bond acceptors (Lipinski definition) is 3. The van der Waals surface area contributed by atoms with Gasteiger partial charge in [0.05, 0.1) is 5.60 Å². The first-order valence-corrected chi connectivity index (χ1v) is 7.46. The molecule has 116 valence electrons. The molecule has 2 atom stereocenters. The van der Waals surface area contributed by atoms with Gasteiger partial charge in [-0.05, 0) is 38.8 Å². The summed E-state index contributed by atoms with van der Waals surface area (Å²) in [6.07, 6.45) is 2.06. The van der Waals surface area contributed by atoms with Gasteiger partial charge >= 0.3 is 5.97 Å². The van der Waals surface area contributed by atoms with Gasteiger partial charge < -0.3 is 9.84 Å². The average Bonchev–Trinajstić information content (AvgIpc) is 2.48. The molecule has 0 spiro atoms. The molecule has 1 N–H and O–H groups in total. The van der Waals surface area contributed by atoms with Crippen LogP contribution < -0.4 is 0 Å². The van der Waals surface area contributed by atoms with E-state index in [-0.39, 0.29) is 5.60 Å². The van der Waals surface area contributed by atoms with Gasteiger partial charge in [-0.15, -0.1) is 0 Å². The van der Waals surface area contributed by atoms with Gasteiger partial charge in [0.1, 0.15) is 5.41 Å². The van der Waals surface area contributed by atoms with Gasteiger partial charge in [-0.25, -0.2) is 0 Å². The maximum Gasteiger partial charge on any atom is 0.315 e. The van der Waals surface area contributed by atoms with Crippen LogP contribution in [0.3, 0.4) is 0 Å². The number of carboxylic acids is 1. The van der Waals surface area contributed by atoms with Crippen LogP contribution in [0.5, 0.6) is 0 Å². The summed E-state index contributed by atoms with van der Waals surface area (Å²) in [6, 6.07) is 9.49. The van der Waals surface area contributed by atoms with Crippen molar-refractivity contribution in [2.45, 2.75) is 37.7 Å². The number of piperidine rings is 1. The zero-order valence-corrected chi connectivity index (χ0v) is 13.1. The molecule has 2 unspecified atom stereocenters. The van der Waals surface area contributed by atoms with Crippen LogP contribution >= 0.6 is 0 Å². The normalized spacial score (nSPS) is 26.2. The van der Waals surface area contributed by atoms with Crippen molar-refractivity contribution in [2.24, 2.45) is 0 Å². The highest BCUT2D eigenvalue weighted by Crippen LogP contribution is 2.30. The molecule has 1 aromatic carbocycles. The summed E-state index contributed by atoms with van der Waals surface area (Å²) >= 11 is 0. The lowest BCUT2D eigenvalue weighted by Gasteiger charge is -2.42. The first-order chi connectivity index (χ1) is 9.89. The van der Waals surface area contributed by atoms with Gasteiger partial charge in [0, 0.05) is 20.2 Å². The Hall–Kier alpha value is -1.39. The number of benzene rings is 1.